The van der Waals surface area contributed by atoms with Crippen molar-refractivity contribution in [3.63, 3.8) is 0 Å². The zero-order valence-corrected chi connectivity index (χ0v) is 43.5. The van der Waals surface area contributed by atoms with Crippen molar-refractivity contribution in [1.82, 2.24) is 5.43 Å². The van der Waals surface area contributed by atoms with Crippen molar-refractivity contribution in [3.8, 4) is 46.7 Å². The number of benzene rings is 3. The molecule has 10 aliphatic rings. The predicted octanol–water partition coefficient (Wildman–Crippen LogP) is 10.6. The van der Waals surface area contributed by atoms with Crippen LogP contribution in [0.25, 0.3) is 0 Å². The molecule has 2 amide bonds. The summed E-state index contributed by atoms with van der Waals surface area (Å²) in [5.74, 6) is 18.4. The number of hydrogen-bond donors (Lipinski definition) is 4. The fourth-order valence-corrected chi connectivity index (χ4v) is 15.8. The normalized spacial score (nSPS) is 33.6. The SMILES string of the molecule is CC#CC1C[C@H]2[C@@H]3CCC4=CC(=NNC(=O)Nc5ccccc5)CCC4=C3[C@@H](c3ccc4c(c3)OCO4)C[C@]2(C)[C@H]1O.CC#CC1C[C@H]2[C@@H]3CCC4=CC(=O)CCC4=C3[C@@H](c3ccc4c(c3)OCO4)C[C@]2(C)[C@H]1O.O. The van der Waals surface area contributed by atoms with Crippen LogP contribution in [-0.4, -0.2) is 59.0 Å². The molecule has 13 rings (SSSR count). The second-order valence-electron chi connectivity index (χ2n) is 22.8. The van der Waals surface area contributed by atoms with Gasteiger partial charge in [-0.25, -0.2) is 10.2 Å². The highest BCUT2D eigenvalue weighted by atomic mass is 16.7. The number of hydrogen-bond acceptors (Lipinski definition) is 9. The van der Waals surface area contributed by atoms with Gasteiger partial charge in [0.1, 0.15) is 0 Å². The minimum Gasteiger partial charge on any atom is -0.454 e. The van der Waals surface area contributed by atoms with Gasteiger partial charge in [0.05, 0.1) is 17.9 Å². The summed E-state index contributed by atoms with van der Waals surface area (Å²) in [4.78, 5) is 24.6. The fraction of sp³-hybridized carbons (Fsp3) is 0.476. The Hall–Kier alpha value is -6.57. The van der Waals surface area contributed by atoms with Gasteiger partial charge in [-0.05, 0) is 201 Å². The molecule has 3 aromatic rings. The third-order valence-electron chi connectivity index (χ3n) is 19.1. The Labute approximate surface area is 440 Å². The molecule has 6 N–H and O–H groups in total. The van der Waals surface area contributed by atoms with Crippen LogP contribution in [0.3, 0.4) is 0 Å². The molecule has 12 heteroatoms. The van der Waals surface area contributed by atoms with Crippen molar-refractivity contribution < 1.29 is 44.2 Å². The van der Waals surface area contributed by atoms with E-state index in [1.54, 1.807) is 0 Å². The number of aliphatic hydroxyl groups is 2. The van der Waals surface area contributed by atoms with Gasteiger partial charge in [0.2, 0.25) is 13.6 Å². The molecular weight excluding hydrogens is 943 g/mol. The number of para-hydroxylation sites is 1. The topological polar surface area (TPSA) is 179 Å². The Morgan fingerprint density at radius 1 is 0.653 bits per heavy atom. The van der Waals surface area contributed by atoms with E-state index < -0.39 is 12.2 Å². The summed E-state index contributed by atoms with van der Waals surface area (Å²) in [6.07, 6.45) is 14.1. The summed E-state index contributed by atoms with van der Waals surface area (Å²) in [7, 11) is 0. The monoisotopic (exact) mass is 1010 g/mol. The highest BCUT2D eigenvalue weighted by Crippen LogP contribution is 2.67. The smallest absolute Gasteiger partial charge is 0.339 e. The van der Waals surface area contributed by atoms with Gasteiger partial charge in [0, 0.05) is 35.8 Å². The number of allylic oxidation sites excluding steroid dienone is 8. The molecule has 75 heavy (non-hydrogen) atoms. The lowest BCUT2D eigenvalue weighted by Gasteiger charge is -2.52. The van der Waals surface area contributed by atoms with Gasteiger partial charge in [-0.1, -0.05) is 67.2 Å². The van der Waals surface area contributed by atoms with Gasteiger partial charge in [0.25, 0.3) is 0 Å². The molecule has 3 aromatic carbocycles. The number of rotatable bonds is 4. The van der Waals surface area contributed by atoms with Crippen LogP contribution in [0.4, 0.5) is 10.5 Å². The fourth-order valence-electron chi connectivity index (χ4n) is 15.8. The summed E-state index contributed by atoms with van der Waals surface area (Å²) in [5, 5.41) is 30.3. The molecule has 0 bridgehead atoms. The number of carbonyl (C=O) groups excluding carboxylic acids is 2. The lowest BCUT2D eigenvalue weighted by molar-refractivity contribution is -0.114. The molecule has 0 saturated heterocycles. The van der Waals surface area contributed by atoms with Gasteiger partial charge in [-0.3, -0.25) is 4.79 Å². The molecule has 0 radical (unpaired) electrons. The lowest BCUT2D eigenvalue weighted by atomic mass is 9.53. The number of ether oxygens (including phenoxy) is 4. The highest BCUT2D eigenvalue weighted by molar-refractivity contribution is 5.99. The Balaban J connectivity index is 0.000000164. The van der Waals surface area contributed by atoms with Crippen LogP contribution in [0, 0.1) is 70.0 Å². The zero-order valence-electron chi connectivity index (χ0n) is 43.5. The number of aliphatic hydroxyl groups excluding tert-OH is 2. The number of fused-ring (bicyclic) bond motifs is 10. The third kappa shape index (κ3) is 8.87. The zero-order chi connectivity index (χ0) is 50.9. The average Bonchev–Trinajstić information content (AvgIpc) is 4.21. The van der Waals surface area contributed by atoms with Crippen LogP contribution in [0.1, 0.15) is 128 Å². The van der Waals surface area contributed by atoms with Crippen LogP contribution in [0.2, 0.25) is 0 Å². The maximum absolute atomic E-state index is 12.4. The van der Waals surface area contributed by atoms with E-state index in [1.807, 2.05) is 62.4 Å². The molecule has 0 spiro atoms. The number of urea groups is 1. The second kappa shape index (κ2) is 20.2. The maximum atomic E-state index is 12.4. The first kappa shape index (κ1) is 50.6. The number of anilines is 1. The van der Waals surface area contributed by atoms with E-state index >= 15 is 0 Å². The first-order valence-corrected chi connectivity index (χ1v) is 27.0. The van der Waals surface area contributed by atoms with E-state index in [4.69, 9.17) is 18.9 Å². The van der Waals surface area contributed by atoms with Gasteiger partial charge in [0.15, 0.2) is 28.8 Å². The van der Waals surface area contributed by atoms with Crippen LogP contribution in [0.5, 0.6) is 23.0 Å². The van der Waals surface area contributed by atoms with Gasteiger partial charge in [-0.15, -0.1) is 11.8 Å². The first-order valence-electron chi connectivity index (χ1n) is 27.0. The predicted molar refractivity (Wildman–Crippen MR) is 287 cm³/mol. The Morgan fingerprint density at radius 2 is 1.16 bits per heavy atom. The summed E-state index contributed by atoms with van der Waals surface area (Å²) in [6, 6.07) is 21.7. The molecule has 0 aromatic heterocycles. The molecule has 2 heterocycles. The number of nitrogens with zero attached hydrogens (tertiary/aromatic N) is 1. The van der Waals surface area contributed by atoms with Crippen molar-refractivity contribution in [3.05, 3.63) is 123 Å². The summed E-state index contributed by atoms with van der Waals surface area (Å²) in [6.45, 7) is 8.85. The number of hydrazone groups is 1. The van der Waals surface area contributed by atoms with Crippen molar-refractivity contribution in [1.29, 1.82) is 0 Å². The largest absolute Gasteiger partial charge is 0.454 e. The summed E-state index contributed by atoms with van der Waals surface area (Å²) < 4.78 is 22.7. The van der Waals surface area contributed by atoms with Crippen molar-refractivity contribution >= 4 is 23.2 Å². The number of carbonyl (C=O) groups is 2. The van der Waals surface area contributed by atoms with Crippen molar-refractivity contribution in [2.45, 2.75) is 129 Å². The molecule has 12 nitrogen and oxygen atoms in total. The van der Waals surface area contributed by atoms with E-state index in [2.05, 4.69) is 83.7 Å². The summed E-state index contributed by atoms with van der Waals surface area (Å²) >= 11 is 0. The van der Waals surface area contributed by atoms with E-state index in [0.717, 1.165) is 105 Å². The van der Waals surface area contributed by atoms with Gasteiger partial charge >= 0.3 is 6.03 Å². The third-order valence-corrected chi connectivity index (χ3v) is 19.1. The standard InChI is InChI=1S/C35H37N3O4.C28H30O4.H2O/c1-3-7-23-17-29-27-13-10-21-16-25(37-38-34(40)36-24-8-5-4-6-9-24)12-14-26(21)32(27)28(19-35(29,2)33(23)39)22-11-15-30-31(18-22)42-20-41-30;1-3-4-18-12-23-21-8-5-16-11-19(29)7-9-20(16)26(21)22(14-28(23,2)27(18)30)17-6-10-24-25(13-17)32-15-31-24;/h4-6,8-9,11,15-16,18,23,27-29,33,39H,10,12-14,17,19-20H2,1-2H3,(H2,36,38,40);6,10-11,13,18,21-23,27,30H,5,7-9,12,14-15H2,1-2H3;1H2/t23?,27-,28+,29-,33-,35-;18?,21-,22+,23-,27-,28-;/m00./s1. The number of amides is 2. The second-order valence-corrected chi connectivity index (χ2v) is 22.8. The molecule has 12 atom stereocenters. The van der Waals surface area contributed by atoms with Gasteiger partial charge < -0.3 is 40.0 Å². The van der Waals surface area contributed by atoms with Crippen LogP contribution >= 0.6 is 0 Å². The molecular formula is C63H69N3O9. The molecule has 4 fully saturated rings. The lowest BCUT2D eigenvalue weighted by Crippen LogP contribution is -2.45. The van der Waals surface area contributed by atoms with E-state index in [9.17, 15) is 19.8 Å². The summed E-state index contributed by atoms with van der Waals surface area (Å²) in [5.41, 5.74) is 14.9. The van der Waals surface area contributed by atoms with E-state index in [0.29, 0.717) is 30.1 Å². The Bertz CT molecular complexity index is 3090. The molecule has 8 aliphatic carbocycles. The Kier molecular flexibility index (Phi) is 13.6. The minimum atomic E-state index is -0.437. The Morgan fingerprint density at radius 3 is 1.69 bits per heavy atom. The average molecular weight is 1010 g/mol. The first-order chi connectivity index (χ1) is 35.9. The molecule has 390 valence electrons. The quantitative estimate of drug-likeness (QED) is 0.147. The van der Waals surface area contributed by atoms with E-state index in [1.165, 1.54) is 44.6 Å². The van der Waals surface area contributed by atoms with E-state index in [-0.39, 0.29) is 65.4 Å². The highest BCUT2D eigenvalue weighted by Gasteiger charge is 2.61. The number of nitrogens with one attached hydrogen (secondary N) is 2. The van der Waals surface area contributed by atoms with Crippen LogP contribution in [-0.2, 0) is 4.79 Å². The molecule has 2 unspecified atom stereocenters. The van der Waals surface area contributed by atoms with Crippen LogP contribution < -0.4 is 29.7 Å². The van der Waals surface area contributed by atoms with Crippen molar-refractivity contribution in [2.24, 2.45) is 51.4 Å². The maximum Gasteiger partial charge on any atom is 0.339 e. The number of ketones is 1. The van der Waals surface area contributed by atoms with Crippen molar-refractivity contribution in [2.75, 3.05) is 18.9 Å². The molecule has 2 aliphatic heterocycles. The minimum absolute atomic E-state index is 0. The van der Waals surface area contributed by atoms with Crippen LogP contribution in [0.15, 0.2) is 117 Å². The molecule has 4 saturated carbocycles. The van der Waals surface area contributed by atoms with Gasteiger partial charge in [-0.2, -0.15) is 5.10 Å².